The predicted octanol–water partition coefficient (Wildman–Crippen LogP) is 1.62. The molecule has 0 spiro atoms. The van der Waals surface area contributed by atoms with Gasteiger partial charge in [-0.3, -0.25) is 4.21 Å². The van der Waals surface area contributed by atoms with Crippen molar-refractivity contribution >= 4 is 23.0 Å². The molecule has 5 heteroatoms. The summed E-state index contributed by atoms with van der Waals surface area (Å²) < 4.78 is 13.5. The first-order chi connectivity index (χ1) is 6.09. The van der Waals surface area contributed by atoms with Crippen molar-refractivity contribution in [3.63, 3.8) is 0 Å². The molecule has 3 nitrogen and oxygen atoms in total. The Morgan fingerprint density at radius 2 is 2.38 bits per heavy atom. The predicted molar refractivity (Wildman–Crippen MR) is 57.9 cm³/mol. The van der Waals surface area contributed by atoms with E-state index in [-0.39, 0.29) is 0 Å². The third-order valence-corrected chi connectivity index (χ3v) is 2.95. The molecule has 0 aliphatic heterocycles. The van der Waals surface area contributed by atoms with E-state index in [0.717, 1.165) is 29.2 Å². The third-order valence-electron chi connectivity index (χ3n) is 1.75. The Kier molecular flexibility index (Phi) is 3.87. The van der Waals surface area contributed by atoms with E-state index in [9.17, 15) is 4.21 Å². The van der Waals surface area contributed by atoms with Gasteiger partial charge in [-0.15, -0.1) is 0 Å². The molecule has 1 rings (SSSR count). The highest BCUT2D eigenvalue weighted by Gasteiger charge is 1.97. The van der Waals surface area contributed by atoms with Crippen molar-refractivity contribution < 1.29 is 4.21 Å². The Balaban J connectivity index is 2.50. The number of aromatic amines is 1. The zero-order valence-corrected chi connectivity index (χ0v) is 9.50. The van der Waals surface area contributed by atoms with E-state index in [0.29, 0.717) is 0 Å². The van der Waals surface area contributed by atoms with Gasteiger partial charge in [0.05, 0.1) is 0 Å². The molecule has 0 amide bonds. The van der Waals surface area contributed by atoms with E-state index in [1.165, 1.54) is 0 Å². The fourth-order valence-corrected chi connectivity index (χ4v) is 2.01. The Morgan fingerprint density at radius 1 is 1.69 bits per heavy atom. The molecular formula is C8H14N2OS2. The largest absolute Gasteiger partial charge is 0.335 e. The summed E-state index contributed by atoms with van der Waals surface area (Å²) in [6.07, 6.45) is 4.62. The van der Waals surface area contributed by atoms with Gasteiger partial charge in [0.2, 0.25) is 0 Å². The minimum Gasteiger partial charge on any atom is -0.335 e. The zero-order chi connectivity index (χ0) is 9.84. The number of nitrogens with zero attached hydrogens (tertiary/aromatic N) is 1. The van der Waals surface area contributed by atoms with Crippen LogP contribution < -0.4 is 0 Å². The third kappa shape index (κ3) is 3.44. The lowest BCUT2D eigenvalue weighted by Crippen LogP contribution is -2.02. The molecule has 1 aromatic heterocycles. The Morgan fingerprint density at radius 3 is 2.85 bits per heavy atom. The van der Waals surface area contributed by atoms with Crippen LogP contribution in [0, 0.1) is 11.7 Å². The van der Waals surface area contributed by atoms with E-state index < -0.39 is 10.8 Å². The quantitative estimate of drug-likeness (QED) is 0.780. The maximum Gasteiger partial charge on any atom is 0.177 e. The fourth-order valence-electron chi connectivity index (χ4n) is 1.17. The highest BCUT2D eigenvalue weighted by atomic mass is 32.2. The molecule has 0 aliphatic carbocycles. The molecule has 0 aliphatic rings. The van der Waals surface area contributed by atoms with Gasteiger partial charge in [0.25, 0.3) is 0 Å². The summed E-state index contributed by atoms with van der Waals surface area (Å²) in [5, 5.41) is 0. The van der Waals surface area contributed by atoms with E-state index in [2.05, 4.69) is 4.98 Å². The number of hydrogen-bond donors (Lipinski definition) is 1. The molecule has 0 aromatic carbocycles. The Labute approximate surface area is 85.6 Å². The van der Waals surface area contributed by atoms with Crippen molar-refractivity contribution in [2.45, 2.75) is 19.9 Å². The fraction of sp³-hybridized carbons (Fsp3) is 0.625. The lowest BCUT2D eigenvalue weighted by Gasteiger charge is -1.99. The van der Waals surface area contributed by atoms with Crippen molar-refractivity contribution in [3.05, 3.63) is 16.7 Å². The molecule has 1 unspecified atom stereocenters. The van der Waals surface area contributed by atoms with Crippen molar-refractivity contribution in [1.82, 2.24) is 9.55 Å². The van der Waals surface area contributed by atoms with Gasteiger partial charge in [-0.25, -0.2) is 0 Å². The van der Waals surface area contributed by atoms with Gasteiger partial charge >= 0.3 is 0 Å². The molecule has 1 N–H and O–H groups in total. The second kappa shape index (κ2) is 4.72. The normalized spacial score (nSPS) is 13.1. The van der Waals surface area contributed by atoms with Gasteiger partial charge in [0.1, 0.15) is 0 Å². The molecule has 1 atom stereocenters. The lowest BCUT2D eigenvalue weighted by molar-refractivity contribution is 0.656. The van der Waals surface area contributed by atoms with Crippen LogP contribution in [-0.4, -0.2) is 25.8 Å². The van der Waals surface area contributed by atoms with Crippen LogP contribution in [0.5, 0.6) is 0 Å². The standard InChI is InChI=1S/C8H14N2OS2/c1-7-6-10(8(12)9-7)4-3-5-13(2)11/h6H,3-5H2,1-2H3,(H,9,12). The van der Waals surface area contributed by atoms with Crippen LogP contribution in [0.4, 0.5) is 0 Å². The number of aryl methyl sites for hydroxylation is 2. The van der Waals surface area contributed by atoms with Crippen LogP contribution in [0.3, 0.4) is 0 Å². The Hall–Kier alpha value is -0.420. The topological polar surface area (TPSA) is 37.8 Å². The number of H-pyrrole nitrogens is 1. The van der Waals surface area contributed by atoms with Crippen molar-refractivity contribution in [2.75, 3.05) is 12.0 Å². The van der Waals surface area contributed by atoms with Gasteiger partial charge in [-0.2, -0.15) is 0 Å². The maximum atomic E-state index is 10.8. The molecule has 0 fully saturated rings. The molecule has 74 valence electrons. The highest BCUT2D eigenvalue weighted by molar-refractivity contribution is 7.84. The minimum absolute atomic E-state index is 0.697. The van der Waals surface area contributed by atoms with Crippen LogP contribution in [0.2, 0.25) is 0 Å². The summed E-state index contributed by atoms with van der Waals surface area (Å²) >= 11 is 5.08. The maximum absolute atomic E-state index is 10.8. The molecule has 1 aromatic rings. The number of hydrogen-bond acceptors (Lipinski definition) is 2. The summed E-state index contributed by atoms with van der Waals surface area (Å²) in [7, 11) is -0.697. The van der Waals surface area contributed by atoms with Crippen LogP contribution in [-0.2, 0) is 17.3 Å². The summed E-state index contributed by atoms with van der Waals surface area (Å²) in [5.74, 6) is 0.742. The van der Waals surface area contributed by atoms with Crippen molar-refractivity contribution in [2.24, 2.45) is 0 Å². The van der Waals surface area contributed by atoms with Gasteiger partial charge < -0.3 is 9.55 Å². The van der Waals surface area contributed by atoms with E-state index in [1.807, 2.05) is 17.7 Å². The first kappa shape index (κ1) is 10.7. The molecule has 0 radical (unpaired) electrons. The Bertz CT molecular complexity index is 353. The van der Waals surface area contributed by atoms with E-state index in [1.54, 1.807) is 6.26 Å². The van der Waals surface area contributed by atoms with Crippen molar-refractivity contribution in [3.8, 4) is 0 Å². The average Bonchev–Trinajstić information content (AvgIpc) is 2.29. The van der Waals surface area contributed by atoms with E-state index in [4.69, 9.17) is 12.2 Å². The monoisotopic (exact) mass is 218 g/mol. The van der Waals surface area contributed by atoms with Gasteiger partial charge in [-0.05, 0) is 25.6 Å². The van der Waals surface area contributed by atoms with Crippen molar-refractivity contribution in [1.29, 1.82) is 0 Å². The number of rotatable bonds is 4. The summed E-state index contributed by atoms with van der Waals surface area (Å²) in [5.41, 5.74) is 1.07. The molecular weight excluding hydrogens is 204 g/mol. The summed E-state index contributed by atoms with van der Waals surface area (Å²) in [4.78, 5) is 3.05. The molecule has 0 saturated carbocycles. The summed E-state index contributed by atoms with van der Waals surface area (Å²) in [6.45, 7) is 2.83. The number of aromatic nitrogens is 2. The number of imidazole rings is 1. The van der Waals surface area contributed by atoms with Crippen LogP contribution in [0.1, 0.15) is 12.1 Å². The first-order valence-corrected chi connectivity index (χ1v) is 6.29. The molecule has 13 heavy (non-hydrogen) atoms. The van der Waals surface area contributed by atoms with Crippen LogP contribution >= 0.6 is 12.2 Å². The van der Waals surface area contributed by atoms with Crippen LogP contribution in [0.25, 0.3) is 0 Å². The smallest absolute Gasteiger partial charge is 0.177 e. The second-order valence-corrected chi connectivity index (χ2v) is 5.01. The van der Waals surface area contributed by atoms with Gasteiger partial charge in [0.15, 0.2) is 4.77 Å². The highest BCUT2D eigenvalue weighted by Crippen LogP contribution is 1.99. The average molecular weight is 218 g/mol. The minimum atomic E-state index is -0.697. The molecule has 0 bridgehead atoms. The van der Waals surface area contributed by atoms with E-state index >= 15 is 0 Å². The number of nitrogens with one attached hydrogen (secondary N) is 1. The van der Waals surface area contributed by atoms with Gasteiger partial charge in [0, 0.05) is 41.2 Å². The molecule has 0 saturated heterocycles. The zero-order valence-electron chi connectivity index (χ0n) is 7.87. The second-order valence-electron chi connectivity index (χ2n) is 3.07. The SMILES string of the molecule is Cc1cn(CCCS(C)=O)c(=S)[nH]1. The van der Waals surface area contributed by atoms with Gasteiger partial charge in [-0.1, -0.05) is 0 Å². The summed E-state index contributed by atoms with van der Waals surface area (Å²) in [6, 6.07) is 0. The van der Waals surface area contributed by atoms with Crippen LogP contribution in [0.15, 0.2) is 6.20 Å². The molecule has 1 heterocycles. The first-order valence-electron chi connectivity index (χ1n) is 4.15. The lowest BCUT2D eigenvalue weighted by atomic mass is 10.5.